The number of benzene rings is 1. The van der Waals surface area contributed by atoms with E-state index in [4.69, 9.17) is 9.47 Å². The minimum Gasteiger partial charge on any atom is -0.348 e. The van der Waals surface area contributed by atoms with Gasteiger partial charge in [-0.2, -0.15) is 4.40 Å². The number of unbranched alkanes of at least 4 members (excludes halogenated alkanes) is 2. The standard InChI is InChI=1S/C16H23NO3S/c1-14-6-8-15(9-7-14)21(18)17-11-5-3-4-10-16(2)19-12-13-20-16/h6-9,11H,3-5,10,12-13H2,1-2H3/b17-11+/t21-/m0/s1. The first-order valence-electron chi connectivity index (χ1n) is 7.38. The first kappa shape index (κ1) is 16.3. The monoisotopic (exact) mass is 309 g/mol. The molecular formula is C16H23NO3S. The van der Waals surface area contributed by atoms with E-state index in [0.29, 0.717) is 13.2 Å². The van der Waals surface area contributed by atoms with Crippen LogP contribution in [0, 0.1) is 6.92 Å². The van der Waals surface area contributed by atoms with E-state index in [9.17, 15) is 4.21 Å². The van der Waals surface area contributed by atoms with Crippen LogP contribution in [0.5, 0.6) is 0 Å². The normalized spacial score (nSPS) is 19.1. The molecule has 0 radical (unpaired) electrons. The Morgan fingerprint density at radius 2 is 1.90 bits per heavy atom. The van der Waals surface area contributed by atoms with Crippen molar-refractivity contribution in [3.05, 3.63) is 29.8 Å². The topological polar surface area (TPSA) is 47.9 Å². The third-order valence-electron chi connectivity index (χ3n) is 3.51. The van der Waals surface area contributed by atoms with E-state index in [2.05, 4.69) is 4.40 Å². The molecule has 0 aliphatic carbocycles. The fourth-order valence-corrected chi connectivity index (χ4v) is 2.95. The van der Waals surface area contributed by atoms with Gasteiger partial charge in [-0.05, 0) is 45.2 Å². The number of rotatable bonds is 7. The number of hydrogen-bond donors (Lipinski definition) is 0. The molecule has 21 heavy (non-hydrogen) atoms. The molecule has 5 heteroatoms. The Bertz CT molecular complexity index is 493. The van der Waals surface area contributed by atoms with Crippen molar-refractivity contribution in [3.8, 4) is 0 Å². The summed E-state index contributed by atoms with van der Waals surface area (Å²) in [6.45, 7) is 5.37. The van der Waals surface area contributed by atoms with Crippen molar-refractivity contribution in [2.45, 2.75) is 50.2 Å². The minimum atomic E-state index is -1.29. The summed E-state index contributed by atoms with van der Waals surface area (Å²) in [5.74, 6) is -0.401. The van der Waals surface area contributed by atoms with Crippen molar-refractivity contribution in [1.82, 2.24) is 0 Å². The Kier molecular flexibility index (Phi) is 6.08. The van der Waals surface area contributed by atoms with Gasteiger partial charge < -0.3 is 9.47 Å². The van der Waals surface area contributed by atoms with E-state index in [1.165, 1.54) is 0 Å². The SMILES string of the molecule is Cc1ccc([S@](=O)/N=C/CCCCC2(C)OCCO2)cc1. The van der Waals surface area contributed by atoms with Crippen molar-refractivity contribution >= 4 is 17.2 Å². The molecule has 0 bridgehead atoms. The van der Waals surface area contributed by atoms with E-state index < -0.39 is 16.8 Å². The predicted octanol–water partition coefficient (Wildman–Crippen LogP) is 3.41. The Morgan fingerprint density at radius 3 is 2.57 bits per heavy atom. The molecule has 0 spiro atoms. The summed E-state index contributed by atoms with van der Waals surface area (Å²) in [5, 5.41) is 0. The highest BCUT2D eigenvalue weighted by molar-refractivity contribution is 7.83. The molecule has 1 aromatic rings. The van der Waals surface area contributed by atoms with Crippen LogP contribution in [0.2, 0.25) is 0 Å². The van der Waals surface area contributed by atoms with Gasteiger partial charge >= 0.3 is 0 Å². The van der Waals surface area contributed by atoms with Gasteiger partial charge in [0.25, 0.3) is 0 Å². The smallest absolute Gasteiger partial charge is 0.172 e. The van der Waals surface area contributed by atoms with Crippen LogP contribution in [-0.2, 0) is 20.5 Å². The highest BCUT2D eigenvalue weighted by Crippen LogP contribution is 2.24. The molecule has 1 atom stereocenters. The van der Waals surface area contributed by atoms with Crippen LogP contribution in [0.3, 0.4) is 0 Å². The van der Waals surface area contributed by atoms with Gasteiger partial charge in [0.2, 0.25) is 0 Å². The lowest BCUT2D eigenvalue weighted by Crippen LogP contribution is -2.24. The van der Waals surface area contributed by atoms with Gasteiger partial charge in [0, 0.05) is 12.6 Å². The zero-order chi connectivity index (χ0) is 15.1. The molecule has 0 saturated carbocycles. The lowest BCUT2D eigenvalue weighted by Gasteiger charge is -2.21. The average Bonchev–Trinajstić information content (AvgIpc) is 2.90. The van der Waals surface area contributed by atoms with Crippen molar-refractivity contribution in [1.29, 1.82) is 0 Å². The van der Waals surface area contributed by atoms with Gasteiger partial charge in [-0.1, -0.05) is 17.7 Å². The second-order valence-electron chi connectivity index (χ2n) is 5.43. The van der Waals surface area contributed by atoms with Crippen molar-refractivity contribution in [3.63, 3.8) is 0 Å². The molecule has 1 aromatic carbocycles. The number of ether oxygens (including phenoxy) is 2. The van der Waals surface area contributed by atoms with Crippen LogP contribution < -0.4 is 0 Å². The first-order chi connectivity index (χ1) is 10.1. The van der Waals surface area contributed by atoms with E-state index in [-0.39, 0.29) is 0 Å². The molecule has 1 heterocycles. The van der Waals surface area contributed by atoms with Gasteiger partial charge in [0.15, 0.2) is 16.8 Å². The van der Waals surface area contributed by atoms with Gasteiger partial charge in [-0.15, -0.1) is 0 Å². The zero-order valence-corrected chi connectivity index (χ0v) is 13.5. The Balaban J connectivity index is 1.66. The average molecular weight is 309 g/mol. The maximum absolute atomic E-state index is 11.9. The first-order valence-corrected chi connectivity index (χ1v) is 8.49. The molecule has 0 amide bonds. The van der Waals surface area contributed by atoms with Crippen LogP contribution in [0.1, 0.15) is 38.2 Å². The minimum absolute atomic E-state index is 0.401. The van der Waals surface area contributed by atoms with E-state index in [0.717, 1.165) is 36.1 Å². The molecular weight excluding hydrogens is 286 g/mol. The zero-order valence-electron chi connectivity index (χ0n) is 12.7. The highest BCUT2D eigenvalue weighted by Gasteiger charge is 2.29. The van der Waals surface area contributed by atoms with Crippen LogP contribution in [0.15, 0.2) is 33.6 Å². The maximum Gasteiger partial charge on any atom is 0.172 e. The maximum atomic E-state index is 11.9. The Labute approximate surface area is 129 Å². The lowest BCUT2D eigenvalue weighted by molar-refractivity contribution is -0.147. The molecule has 4 nitrogen and oxygen atoms in total. The predicted molar refractivity (Wildman–Crippen MR) is 84.9 cm³/mol. The Hall–Kier alpha value is -1.04. The second kappa shape index (κ2) is 7.82. The quantitative estimate of drug-likeness (QED) is 0.573. The van der Waals surface area contributed by atoms with E-state index in [1.54, 1.807) is 6.21 Å². The summed E-state index contributed by atoms with van der Waals surface area (Å²) >= 11 is 0. The Morgan fingerprint density at radius 1 is 1.24 bits per heavy atom. The number of nitrogens with zero attached hydrogens (tertiary/aromatic N) is 1. The summed E-state index contributed by atoms with van der Waals surface area (Å²) in [5.41, 5.74) is 1.16. The second-order valence-corrected chi connectivity index (χ2v) is 6.61. The lowest BCUT2D eigenvalue weighted by atomic mass is 10.1. The summed E-state index contributed by atoms with van der Waals surface area (Å²) in [6, 6.07) is 7.62. The summed E-state index contributed by atoms with van der Waals surface area (Å²) in [6.07, 6.45) is 5.49. The highest BCUT2D eigenvalue weighted by atomic mass is 32.2. The molecule has 2 rings (SSSR count). The summed E-state index contributed by atoms with van der Waals surface area (Å²) < 4.78 is 27.1. The third kappa shape index (κ3) is 5.34. The van der Waals surface area contributed by atoms with Crippen LogP contribution in [0.4, 0.5) is 0 Å². The summed E-state index contributed by atoms with van der Waals surface area (Å²) in [4.78, 5) is 0.747. The molecule has 1 aliphatic heterocycles. The van der Waals surface area contributed by atoms with Crippen LogP contribution in [-0.4, -0.2) is 29.4 Å². The van der Waals surface area contributed by atoms with Gasteiger partial charge in [0.1, 0.15) is 0 Å². The van der Waals surface area contributed by atoms with Crippen LogP contribution >= 0.6 is 0 Å². The fourth-order valence-electron chi connectivity index (χ4n) is 2.22. The van der Waals surface area contributed by atoms with Gasteiger partial charge in [-0.3, -0.25) is 0 Å². The van der Waals surface area contributed by atoms with E-state index >= 15 is 0 Å². The van der Waals surface area contributed by atoms with Crippen molar-refractivity contribution in [2.75, 3.05) is 13.2 Å². The molecule has 1 aliphatic rings. The molecule has 0 unspecified atom stereocenters. The van der Waals surface area contributed by atoms with Gasteiger partial charge in [-0.25, -0.2) is 4.21 Å². The molecule has 1 saturated heterocycles. The number of hydrogen-bond acceptors (Lipinski definition) is 3. The van der Waals surface area contributed by atoms with Gasteiger partial charge in [0.05, 0.1) is 18.1 Å². The molecule has 0 N–H and O–H groups in total. The largest absolute Gasteiger partial charge is 0.348 e. The fraction of sp³-hybridized carbons (Fsp3) is 0.562. The van der Waals surface area contributed by atoms with Crippen molar-refractivity contribution in [2.24, 2.45) is 4.40 Å². The molecule has 0 aromatic heterocycles. The third-order valence-corrected chi connectivity index (χ3v) is 4.52. The molecule has 1 fully saturated rings. The van der Waals surface area contributed by atoms with Crippen LogP contribution in [0.25, 0.3) is 0 Å². The number of aryl methyl sites for hydroxylation is 1. The van der Waals surface area contributed by atoms with E-state index in [1.807, 2.05) is 38.1 Å². The summed E-state index contributed by atoms with van der Waals surface area (Å²) in [7, 11) is -1.29. The molecule has 116 valence electrons. The van der Waals surface area contributed by atoms with Crippen molar-refractivity contribution < 1.29 is 13.7 Å².